The maximum absolute atomic E-state index is 8.89. The second-order valence-electron chi connectivity index (χ2n) is 3.44. The van der Waals surface area contributed by atoms with E-state index in [2.05, 4.69) is 11.9 Å². The van der Waals surface area contributed by atoms with Gasteiger partial charge in [0, 0.05) is 25.7 Å². The molecule has 3 nitrogen and oxygen atoms in total. The zero-order valence-electron chi connectivity index (χ0n) is 7.03. The maximum atomic E-state index is 8.89. The summed E-state index contributed by atoms with van der Waals surface area (Å²) in [7, 11) is 2.08. The topological polar surface area (TPSA) is 43.7 Å². The van der Waals surface area contributed by atoms with Crippen LogP contribution < -0.4 is 0 Å². The van der Waals surface area contributed by atoms with E-state index in [1.807, 2.05) is 0 Å². The van der Waals surface area contributed by atoms with Crippen LogP contribution in [0.15, 0.2) is 0 Å². The van der Waals surface area contributed by atoms with Crippen LogP contribution in [-0.4, -0.2) is 48.5 Å². The van der Waals surface area contributed by atoms with Crippen LogP contribution in [0.3, 0.4) is 0 Å². The molecular weight excluding hydrogens is 142 g/mol. The summed E-state index contributed by atoms with van der Waals surface area (Å²) in [6.45, 7) is 2.36. The molecule has 0 aromatic rings. The summed E-state index contributed by atoms with van der Waals surface area (Å²) >= 11 is 0. The SMILES string of the molecule is CN1CCC(C(CO)CO)C1. The van der Waals surface area contributed by atoms with Gasteiger partial charge in [-0.15, -0.1) is 0 Å². The molecular formula is C8H17NO2. The van der Waals surface area contributed by atoms with Gasteiger partial charge in [-0.25, -0.2) is 0 Å². The molecule has 0 aromatic heterocycles. The van der Waals surface area contributed by atoms with Gasteiger partial charge in [-0.3, -0.25) is 0 Å². The van der Waals surface area contributed by atoms with Crippen LogP contribution >= 0.6 is 0 Å². The molecule has 1 heterocycles. The van der Waals surface area contributed by atoms with E-state index in [1.54, 1.807) is 0 Å². The average Bonchev–Trinajstić information content (AvgIpc) is 2.39. The van der Waals surface area contributed by atoms with E-state index in [1.165, 1.54) is 0 Å². The highest BCUT2D eigenvalue weighted by Gasteiger charge is 2.26. The van der Waals surface area contributed by atoms with Gasteiger partial charge in [-0.2, -0.15) is 0 Å². The molecule has 0 amide bonds. The van der Waals surface area contributed by atoms with Crippen molar-refractivity contribution in [2.45, 2.75) is 6.42 Å². The van der Waals surface area contributed by atoms with Crippen molar-refractivity contribution < 1.29 is 10.2 Å². The Bertz CT molecular complexity index is 115. The second-order valence-corrected chi connectivity index (χ2v) is 3.44. The smallest absolute Gasteiger partial charge is 0.0484 e. The first-order chi connectivity index (χ1) is 5.27. The zero-order valence-corrected chi connectivity index (χ0v) is 7.03. The summed E-state index contributed by atoms with van der Waals surface area (Å²) in [4.78, 5) is 2.24. The molecule has 1 aliphatic heterocycles. The number of hydrogen-bond donors (Lipinski definition) is 2. The number of nitrogens with zero attached hydrogens (tertiary/aromatic N) is 1. The first kappa shape index (κ1) is 8.97. The van der Waals surface area contributed by atoms with Gasteiger partial charge in [-0.05, 0) is 25.9 Å². The van der Waals surface area contributed by atoms with Crippen molar-refractivity contribution in [1.29, 1.82) is 0 Å². The lowest BCUT2D eigenvalue weighted by Crippen LogP contribution is -2.24. The second kappa shape index (κ2) is 4.04. The van der Waals surface area contributed by atoms with E-state index in [0.29, 0.717) is 5.92 Å². The summed E-state index contributed by atoms with van der Waals surface area (Å²) < 4.78 is 0. The Morgan fingerprint density at radius 2 is 2.09 bits per heavy atom. The highest BCUT2D eigenvalue weighted by atomic mass is 16.3. The third kappa shape index (κ3) is 2.15. The van der Waals surface area contributed by atoms with Gasteiger partial charge in [0.2, 0.25) is 0 Å². The monoisotopic (exact) mass is 159 g/mol. The van der Waals surface area contributed by atoms with Crippen LogP contribution in [0.4, 0.5) is 0 Å². The van der Waals surface area contributed by atoms with Gasteiger partial charge < -0.3 is 15.1 Å². The van der Waals surface area contributed by atoms with Crippen LogP contribution in [0.5, 0.6) is 0 Å². The Labute approximate surface area is 67.6 Å². The number of aliphatic hydroxyl groups excluding tert-OH is 2. The molecule has 0 spiro atoms. The lowest BCUT2D eigenvalue weighted by molar-refractivity contribution is 0.109. The summed E-state index contributed by atoms with van der Waals surface area (Å²) in [5.74, 6) is 0.593. The van der Waals surface area contributed by atoms with Gasteiger partial charge in [0.25, 0.3) is 0 Å². The van der Waals surface area contributed by atoms with Crippen LogP contribution in [0.1, 0.15) is 6.42 Å². The molecule has 0 aromatic carbocycles. The Morgan fingerprint density at radius 1 is 1.45 bits per heavy atom. The van der Waals surface area contributed by atoms with Crippen molar-refractivity contribution in [2.24, 2.45) is 11.8 Å². The Kier molecular flexibility index (Phi) is 3.30. The Balaban J connectivity index is 2.34. The molecule has 1 saturated heterocycles. The summed E-state index contributed by atoms with van der Waals surface area (Å²) in [5, 5.41) is 17.8. The highest BCUT2D eigenvalue weighted by Crippen LogP contribution is 2.22. The van der Waals surface area contributed by atoms with E-state index in [0.717, 1.165) is 19.5 Å². The van der Waals surface area contributed by atoms with E-state index in [4.69, 9.17) is 10.2 Å². The van der Waals surface area contributed by atoms with Crippen LogP contribution in [0, 0.1) is 11.8 Å². The van der Waals surface area contributed by atoms with Crippen molar-refractivity contribution >= 4 is 0 Å². The van der Waals surface area contributed by atoms with E-state index < -0.39 is 0 Å². The predicted octanol–water partition coefficient (Wildman–Crippen LogP) is -0.461. The number of rotatable bonds is 3. The molecule has 3 heteroatoms. The van der Waals surface area contributed by atoms with E-state index in [9.17, 15) is 0 Å². The summed E-state index contributed by atoms with van der Waals surface area (Å²) in [6.07, 6.45) is 1.11. The fourth-order valence-electron chi connectivity index (χ4n) is 1.71. The number of hydrogen-bond acceptors (Lipinski definition) is 3. The van der Waals surface area contributed by atoms with Crippen LogP contribution in [0.25, 0.3) is 0 Å². The fourth-order valence-corrected chi connectivity index (χ4v) is 1.71. The summed E-state index contributed by atoms with van der Waals surface area (Å²) in [5.41, 5.74) is 0. The van der Waals surface area contributed by atoms with Crippen molar-refractivity contribution in [3.8, 4) is 0 Å². The molecule has 1 atom stereocenters. The van der Waals surface area contributed by atoms with E-state index >= 15 is 0 Å². The van der Waals surface area contributed by atoms with Gasteiger partial charge in [0.1, 0.15) is 0 Å². The number of aliphatic hydroxyl groups is 2. The van der Waals surface area contributed by atoms with Crippen molar-refractivity contribution in [3.05, 3.63) is 0 Å². The normalized spacial score (nSPS) is 26.7. The van der Waals surface area contributed by atoms with Crippen molar-refractivity contribution in [1.82, 2.24) is 4.90 Å². The molecule has 1 unspecified atom stereocenters. The minimum atomic E-state index is 0.0972. The van der Waals surface area contributed by atoms with Crippen LogP contribution in [0.2, 0.25) is 0 Å². The first-order valence-electron chi connectivity index (χ1n) is 4.18. The largest absolute Gasteiger partial charge is 0.396 e. The maximum Gasteiger partial charge on any atom is 0.0484 e. The molecule has 11 heavy (non-hydrogen) atoms. The highest BCUT2D eigenvalue weighted by molar-refractivity contribution is 4.78. The summed E-state index contributed by atoms with van der Waals surface area (Å²) in [6, 6.07) is 0. The molecule has 1 rings (SSSR count). The molecule has 0 aliphatic carbocycles. The number of likely N-dealkylation sites (tertiary alicyclic amines) is 1. The third-order valence-electron chi connectivity index (χ3n) is 2.56. The minimum Gasteiger partial charge on any atom is -0.396 e. The predicted molar refractivity (Wildman–Crippen MR) is 43.3 cm³/mol. The fraction of sp³-hybridized carbons (Fsp3) is 1.00. The van der Waals surface area contributed by atoms with E-state index in [-0.39, 0.29) is 19.1 Å². The lowest BCUT2D eigenvalue weighted by Gasteiger charge is -2.18. The van der Waals surface area contributed by atoms with Gasteiger partial charge in [0.15, 0.2) is 0 Å². The molecule has 1 aliphatic rings. The van der Waals surface area contributed by atoms with Crippen molar-refractivity contribution in [3.63, 3.8) is 0 Å². The molecule has 0 saturated carbocycles. The third-order valence-corrected chi connectivity index (χ3v) is 2.56. The molecule has 0 bridgehead atoms. The lowest BCUT2D eigenvalue weighted by atomic mass is 9.93. The standard InChI is InChI=1S/C8H17NO2/c1-9-3-2-7(4-9)8(5-10)6-11/h7-8,10-11H,2-6H2,1H3. The minimum absolute atomic E-state index is 0.0972. The van der Waals surface area contributed by atoms with Gasteiger partial charge >= 0.3 is 0 Å². The van der Waals surface area contributed by atoms with Gasteiger partial charge in [-0.1, -0.05) is 0 Å². The molecule has 2 N–H and O–H groups in total. The Hall–Kier alpha value is -0.120. The molecule has 0 radical (unpaired) electrons. The first-order valence-corrected chi connectivity index (χ1v) is 4.18. The molecule has 1 fully saturated rings. The van der Waals surface area contributed by atoms with Gasteiger partial charge in [0.05, 0.1) is 0 Å². The average molecular weight is 159 g/mol. The molecule has 66 valence electrons. The van der Waals surface area contributed by atoms with Crippen LogP contribution in [-0.2, 0) is 0 Å². The zero-order chi connectivity index (χ0) is 8.27. The van der Waals surface area contributed by atoms with Crippen molar-refractivity contribution in [2.75, 3.05) is 33.4 Å². The Morgan fingerprint density at radius 3 is 2.45 bits per heavy atom. The quantitative estimate of drug-likeness (QED) is 0.585.